The van der Waals surface area contributed by atoms with E-state index in [4.69, 9.17) is 14.2 Å². The Hall–Kier alpha value is -1.25. The van der Waals surface area contributed by atoms with E-state index in [-0.39, 0.29) is 24.1 Å². The van der Waals surface area contributed by atoms with Gasteiger partial charge < -0.3 is 29.5 Å². The summed E-state index contributed by atoms with van der Waals surface area (Å²) in [6.07, 6.45) is 29.7. The monoisotopic (exact) mass is 841 g/mol. The number of hydrogen-bond donors (Lipinski definition) is 3. The van der Waals surface area contributed by atoms with E-state index in [2.05, 4.69) is 60.6 Å². The molecule has 3 saturated carbocycles. The van der Waals surface area contributed by atoms with Gasteiger partial charge in [0.1, 0.15) is 31.0 Å². The topological polar surface area (TPSA) is 105 Å². The zero-order valence-corrected chi connectivity index (χ0v) is 39.6. The molecule has 0 amide bonds. The molecule has 0 aromatic heterocycles. The summed E-state index contributed by atoms with van der Waals surface area (Å²) in [4.78, 5) is 12.6. The van der Waals surface area contributed by atoms with Gasteiger partial charge in [0.2, 0.25) is 0 Å². The first-order chi connectivity index (χ1) is 28.8. The average molecular weight is 841 g/mol. The minimum atomic E-state index is -1.44. The lowest BCUT2D eigenvalue weighted by atomic mass is 9.47. The van der Waals surface area contributed by atoms with E-state index < -0.39 is 30.7 Å². The number of carbonyl (C=O) groups is 1. The fourth-order valence-corrected chi connectivity index (χ4v) is 13.3. The normalized spacial score (nSPS) is 36.0. The lowest BCUT2D eigenvalue weighted by Crippen LogP contribution is -2.60. The van der Waals surface area contributed by atoms with Gasteiger partial charge >= 0.3 is 5.97 Å². The summed E-state index contributed by atoms with van der Waals surface area (Å²) < 4.78 is 18.1. The minimum Gasteiger partial charge on any atom is -0.463 e. The maximum absolute atomic E-state index is 12.6. The van der Waals surface area contributed by atoms with Gasteiger partial charge in [-0.15, -0.1) is 0 Å². The number of ether oxygens (including phenoxy) is 3. The molecular formula is C53H92O7. The summed E-state index contributed by atoms with van der Waals surface area (Å²) in [5.74, 6) is 4.14. The molecular weight excluding hydrogens is 749 g/mol. The molecule has 7 nitrogen and oxygen atoms in total. The van der Waals surface area contributed by atoms with Crippen molar-refractivity contribution < 1.29 is 34.3 Å². The highest BCUT2D eigenvalue weighted by Gasteiger charge is 2.59. The van der Waals surface area contributed by atoms with E-state index in [1.807, 2.05) is 0 Å². The van der Waals surface area contributed by atoms with Crippen LogP contribution in [0.25, 0.3) is 0 Å². The van der Waals surface area contributed by atoms with E-state index in [0.717, 1.165) is 68.6 Å². The van der Waals surface area contributed by atoms with Crippen LogP contribution in [0.3, 0.4) is 0 Å². The van der Waals surface area contributed by atoms with E-state index in [9.17, 15) is 20.1 Å². The minimum absolute atomic E-state index is 0.144. The predicted molar refractivity (Wildman–Crippen MR) is 244 cm³/mol. The van der Waals surface area contributed by atoms with Crippen LogP contribution in [0.15, 0.2) is 23.3 Å². The second-order valence-electron chi connectivity index (χ2n) is 21.4. The van der Waals surface area contributed by atoms with Gasteiger partial charge in [0.15, 0.2) is 6.29 Å². The van der Waals surface area contributed by atoms with E-state index in [1.54, 1.807) is 5.57 Å². The smallest absolute Gasteiger partial charge is 0.305 e. The third-order valence-corrected chi connectivity index (χ3v) is 17.2. The van der Waals surface area contributed by atoms with Crippen LogP contribution in [0.1, 0.15) is 215 Å². The highest BCUT2D eigenvalue weighted by molar-refractivity contribution is 5.69. The molecule has 1 aliphatic heterocycles. The molecule has 5 rings (SSSR count). The van der Waals surface area contributed by atoms with Crippen molar-refractivity contribution in [3.8, 4) is 0 Å². The summed E-state index contributed by atoms with van der Waals surface area (Å²) in [5, 5.41) is 32.5. The molecule has 0 radical (unpaired) electrons. The number of hydrogen-bond acceptors (Lipinski definition) is 7. The van der Waals surface area contributed by atoms with Crippen LogP contribution in [-0.4, -0.2) is 64.7 Å². The Labute approximate surface area is 367 Å². The summed E-state index contributed by atoms with van der Waals surface area (Å²) in [5.41, 5.74) is 3.71. The van der Waals surface area contributed by atoms with Gasteiger partial charge in [0.25, 0.3) is 0 Å². The van der Waals surface area contributed by atoms with Crippen molar-refractivity contribution in [2.45, 2.75) is 252 Å². The molecule has 0 aromatic carbocycles. The van der Waals surface area contributed by atoms with Crippen molar-refractivity contribution in [3.05, 3.63) is 23.3 Å². The molecule has 13 unspecified atom stereocenters. The summed E-state index contributed by atoms with van der Waals surface area (Å²) in [6.45, 7) is 16.7. The van der Waals surface area contributed by atoms with Crippen molar-refractivity contribution in [2.24, 2.45) is 46.3 Å². The number of fused-ring (bicyclic) bond motifs is 5. The highest BCUT2D eigenvalue weighted by Crippen LogP contribution is 2.67. The Kier molecular flexibility index (Phi) is 20.0. The molecule has 0 bridgehead atoms. The van der Waals surface area contributed by atoms with Crippen LogP contribution in [0.2, 0.25) is 0 Å². The van der Waals surface area contributed by atoms with Crippen LogP contribution < -0.4 is 0 Å². The summed E-state index contributed by atoms with van der Waals surface area (Å²) in [6, 6.07) is 0. The van der Waals surface area contributed by atoms with Crippen LogP contribution in [0, 0.1) is 46.3 Å². The second-order valence-corrected chi connectivity index (χ2v) is 21.4. The van der Waals surface area contributed by atoms with Crippen molar-refractivity contribution >= 4 is 5.97 Å². The maximum atomic E-state index is 12.6. The number of rotatable bonds is 25. The second kappa shape index (κ2) is 24.2. The first-order valence-corrected chi connectivity index (χ1v) is 25.7. The summed E-state index contributed by atoms with van der Waals surface area (Å²) in [7, 11) is 0. The van der Waals surface area contributed by atoms with Gasteiger partial charge in [-0.2, -0.15) is 0 Å². The lowest BCUT2D eigenvalue weighted by Gasteiger charge is -2.58. The quantitative estimate of drug-likeness (QED) is 0.0477. The van der Waals surface area contributed by atoms with E-state index in [1.165, 1.54) is 121 Å². The fraction of sp³-hybridized carbons (Fsp3) is 0.906. The first-order valence-electron chi connectivity index (χ1n) is 25.7. The van der Waals surface area contributed by atoms with Crippen molar-refractivity contribution in [1.82, 2.24) is 0 Å². The average Bonchev–Trinajstić information content (AvgIpc) is 3.59. The van der Waals surface area contributed by atoms with Gasteiger partial charge in [0, 0.05) is 6.42 Å². The Morgan fingerprint density at radius 3 is 2.05 bits per heavy atom. The molecule has 0 aromatic rings. The van der Waals surface area contributed by atoms with Crippen LogP contribution in [-0.2, 0) is 19.0 Å². The number of aliphatic hydroxyl groups excluding tert-OH is 3. The fourth-order valence-electron chi connectivity index (χ4n) is 13.3. The van der Waals surface area contributed by atoms with Crippen molar-refractivity contribution in [2.75, 3.05) is 6.61 Å². The molecule has 1 heterocycles. The van der Waals surface area contributed by atoms with Crippen LogP contribution >= 0.6 is 0 Å². The third kappa shape index (κ3) is 12.7. The molecule has 5 aliphatic rings. The first kappa shape index (κ1) is 49.8. The van der Waals surface area contributed by atoms with Gasteiger partial charge in [-0.3, -0.25) is 4.79 Å². The van der Waals surface area contributed by atoms with Gasteiger partial charge in [-0.25, -0.2) is 0 Å². The molecule has 13 atom stereocenters. The molecule has 4 fully saturated rings. The van der Waals surface area contributed by atoms with Crippen molar-refractivity contribution in [1.29, 1.82) is 0 Å². The molecule has 4 aliphatic carbocycles. The predicted octanol–water partition coefficient (Wildman–Crippen LogP) is 12.6. The van der Waals surface area contributed by atoms with Crippen LogP contribution in [0.5, 0.6) is 0 Å². The Bertz CT molecular complexity index is 1340. The molecule has 60 heavy (non-hydrogen) atoms. The molecule has 0 spiro atoms. The van der Waals surface area contributed by atoms with Gasteiger partial charge in [0.05, 0.1) is 6.10 Å². The van der Waals surface area contributed by atoms with Gasteiger partial charge in [-0.05, 0) is 124 Å². The Morgan fingerprint density at radius 1 is 0.800 bits per heavy atom. The largest absolute Gasteiger partial charge is 0.463 e. The zero-order valence-electron chi connectivity index (χ0n) is 39.6. The molecule has 1 saturated heterocycles. The van der Waals surface area contributed by atoms with Gasteiger partial charge in [-0.1, -0.05) is 155 Å². The SMILES string of the molecule is C/C=C(\CCC(C)C1CCC2C3CC=C4CC(OC5OC(COC(=O)CCCCCCCCCCCCCCCCC)C(O)C(O)C5O)CCC4(C)C3CCC12C)C(C)C. The summed E-state index contributed by atoms with van der Waals surface area (Å²) >= 11 is 0. The number of unbranched alkanes of at least 4 members (excludes halogenated alkanes) is 14. The standard InChI is InChI=1S/C53H92O7/c1-8-10-11-12-13-14-15-16-17-18-19-20-21-22-23-24-47(54)58-36-46-48(55)49(56)50(57)51(60-46)59-41-31-33-52(6)40(35-41)27-28-42-44-30-29-43(53(44,7)34-32-45(42)52)38(5)25-26-39(9-2)37(3)4/h9,27,37-38,41-46,48-51,55-57H,8,10-26,28-36H2,1-7H3/b39-9+. The lowest BCUT2D eigenvalue weighted by molar-refractivity contribution is -0.313. The van der Waals surface area contributed by atoms with Crippen LogP contribution in [0.4, 0.5) is 0 Å². The van der Waals surface area contributed by atoms with Crippen molar-refractivity contribution in [3.63, 3.8) is 0 Å². The highest BCUT2D eigenvalue weighted by atomic mass is 16.7. The Morgan fingerprint density at radius 2 is 1.43 bits per heavy atom. The number of aliphatic hydroxyl groups is 3. The molecule has 7 heteroatoms. The number of esters is 1. The number of allylic oxidation sites excluding steroid dienone is 3. The van der Waals surface area contributed by atoms with E-state index >= 15 is 0 Å². The molecule has 3 N–H and O–H groups in total. The maximum Gasteiger partial charge on any atom is 0.305 e. The molecule has 346 valence electrons. The Balaban J connectivity index is 1.01. The zero-order chi connectivity index (χ0) is 43.3. The number of carbonyl (C=O) groups excluding carboxylic acids is 1. The van der Waals surface area contributed by atoms with E-state index in [0.29, 0.717) is 23.7 Å². The third-order valence-electron chi connectivity index (χ3n) is 17.2.